The predicted molar refractivity (Wildman–Crippen MR) is 115 cm³/mol. The van der Waals surface area contributed by atoms with Gasteiger partial charge in [0, 0.05) is 18.2 Å². The highest BCUT2D eigenvalue weighted by molar-refractivity contribution is 8.00. The summed E-state index contributed by atoms with van der Waals surface area (Å²) >= 11 is 1.65. The Kier molecular flexibility index (Phi) is 7.15. The third-order valence-electron chi connectivity index (χ3n) is 5.01. The zero-order valence-electron chi connectivity index (χ0n) is 16.6. The lowest BCUT2D eigenvalue weighted by atomic mass is 10.1. The van der Waals surface area contributed by atoms with Crippen molar-refractivity contribution in [2.75, 3.05) is 12.3 Å². The number of hydrogen-bond acceptors (Lipinski definition) is 3. The van der Waals surface area contributed by atoms with Crippen LogP contribution in [0.1, 0.15) is 53.5 Å². The number of nitrogens with zero attached hydrogens (tertiary/aromatic N) is 1. The number of nitrogens with one attached hydrogen (secondary N) is 1. The molecular formula is C23H28N2O2S. The van der Waals surface area contributed by atoms with Crippen molar-refractivity contribution in [3.05, 3.63) is 71.3 Å². The zero-order valence-corrected chi connectivity index (χ0v) is 17.4. The molecule has 2 aromatic carbocycles. The van der Waals surface area contributed by atoms with Gasteiger partial charge in [-0.05, 0) is 43.0 Å². The van der Waals surface area contributed by atoms with Gasteiger partial charge in [-0.2, -0.15) is 0 Å². The summed E-state index contributed by atoms with van der Waals surface area (Å²) < 4.78 is 0. The number of thioether (sulfide) groups is 1. The smallest absolute Gasteiger partial charge is 0.251 e. The maximum Gasteiger partial charge on any atom is 0.251 e. The average Bonchev–Trinajstić information content (AvgIpc) is 3.08. The van der Waals surface area contributed by atoms with Crippen LogP contribution in [0.25, 0.3) is 0 Å². The van der Waals surface area contributed by atoms with E-state index in [0.717, 1.165) is 24.8 Å². The van der Waals surface area contributed by atoms with E-state index in [1.54, 1.807) is 11.8 Å². The lowest BCUT2D eigenvalue weighted by Gasteiger charge is -2.24. The molecule has 1 N–H and O–H groups in total. The summed E-state index contributed by atoms with van der Waals surface area (Å²) in [7, 11) is 0. The van der Waals surface area contributed by atoms with Crippen LogP contribution in [0, 0.1) is 0 Å². The van der Waals surface area contributed by atoms with Gasteiger partial charge in [0.25, 0.3) is 5.91 Å². The van der Waals surface area contributed by atoms with Crippen LogP contribution in [0.2, 0.25) is 0 Å². The Labute approximate surface area is 171 Å². The molecule has 2 atom stereocenters. The number of carbonyl (C=O) groups excluding carboxylic acids is 2. The van der Waals surface area contributed by atoms with Gasteiger partial charge in [0.1, 0.15) is 5.37 Å². The molecule has 28 heavy (non-hydrogen) atoms. The van der Waals surface area contributed by atoms with Crippen LogP contribution in [0.5, 0.6) is 0 Å². The molecule has 2 amide bonds. The first-order valence-corrected chi connectivity index (χ1v) is 11.0. The molecule has 0 saturated carbocycles. The zero-order chi connectivity index (χ0) is 19.9. The van der Waals surface area contributed by atoms with Crippen molar-refractivity contribution < 1.29 is 9.59 Å². The average molecular weight is 397 g/mol. The fourth-order valence-corrected chi connectivity index (χ4v) is 4.70. The van der Waals surface area contributed by atoms with Crippen molar-refractivity contribution in [1.29, 1.82) is 0 Å². The summed E-state index contributed by atoms with van der Waals surface area (Å²) in [5.74, 6) is 0.653. The van der Waals surface area contributed by atoms with E-state index in [-0.39, 0.29) is 23.2 Å². The third-order valence-corrected chi connectivity index (χ3v) is 6.27. The molecule has 1 saturated heterocycles. The summed E-state index contributed by atoms with van der Waals surface area (Å²) in [6, 6.07) is 18.1. The van der Waals surface area contributed by atoms with Gasteiger partial charge in [0.05, 0.1) is 5.75 Å². The number of benzene rings is 2. The van der Waals surface area contributed by atoms with Crippen molar-refractivity contribution in [1.82, 2.24) is 10.2 Å². The lowest BCUT2D eigenvalue weighted by Crippen LogP contribution is -2.32. The van der Waals surface area contributed by atoms with E-state index in [9.17, 15) is 9.59 Å². The summed E-state index contributed by atoms with van der Waals surface area (Å²) in [4.78, 5) is 26.7. The van der Waals surface area contributed by atoms with Crippen LogP contribution in [0.4, 0.5) is 0 Å². The number of hydrogen-bond donors (Lipinski definition) is 1. The van der Waals surface area contributed by atoms with Crippen LogP contribution < -0.4 is 5.32 Å². The van der Waals surface area contributed by atoms with Crippen LogP contribution in [0.15, 0.2) is 54.6 Å². The first-order chi connectivity index (χ1) is 13.6. The van der Waals surface area contributed by atoms with Gasteiger partial charge in [-0.1, -0.05) is 55.8 Å². The molecular weight excluding hydrogens is 368 g/mol. The van der Waals surface area contributed by atoms with Gasteiger partial charge >= 0.3 is 0 Å². The van der Waals surface area contributed by atoms with Gasteiger partial charge in [0.15, 0.2) is 0 Å². The monoisotopic (exact) mass is 396 g/mol. The second-order valence-electron chi connectivity index (χ2n) is 7.27. The SMILES string of the molecule is CCC[C@H](C)NC(=O)c1ccc([C@@H]2SCC(=O)N2CCc2ccccc2)cc1. The molecule has 1 aliphatic rings. The van der Waals surface area contributed by atoms with E-state index in [1.807, 2.05) is 54.3 Å². The number of carbonyl (C=O) groups is 2. The van der Waals surface area contributed by atoms with Gasteiger partial charge < -0.3 is 10.2 Å². The van der Waals surface area contributed by atoms with Crippen molar-refractivity contribution in [2.45, 2.75) is 44.5 Å². The highest BCUT2D eigenvalue weighted by atomic mass is 32.2. The van der Waals surface area contributed by atoms with Gasteiger partial charge in [-0.15, -0.1) is 11.8 Å². The first-order valence-electron chi connectivity index (χ1n) is 9.94. The molecule has 1 aliphatic heterocycles. The van der Waals surface area contributed by atoms with E-state index in [1.165, 1.54) is 5.56 Å². The molecule has 1 heterocycles. The van der Waals surface area contributed by atoms with Crippen LogP contribution in [0.3, 0.4) is 0 Å². The largest absolute Gasteiger partial charge is 0.350 e. The number of amides is 2. The second kappa shape index (κ2) is 9.78. The molecule has 0 aliphatic carbocycles. The van der Waals surface area contributed by atoms with Gasteiger partial charge in [-0.3, -0.25) is 9.59 Å². The molecule has 1 fully saturated rings. The van der Waals surface area contributed by atoms with Gasteiger partial charge in [0.2, 0.25) is 5.91 Å². The molecule has 0 spiro atoms. The van der Waals surface area contributed by atoms with E-state index >= 15 is 0 Å². The molecule has 2 aromatic rings. The Morgan fingerprint density at radius 3 is 2.57 bits per heavy atom. The fourth-order valence-electron chi connectivity index (χ4n) is 3.48. The molecule has 4 nitrogen and oxygen atoms in total. The molecule has 0 aromatic heterocycles. The van der Waals surface area contributed by atoms with Crippen molar-refractivity contribution in [3.8, 4) is 0 Å². The van der Waals surface area contributed by atoms with E-state index in [0.29, 0.717) is 17.9 Å². The Morgan fingerprint density at radius 2 is 1.89 bits per heavy atom. The minimum atomic E-state index is -0.0383. The Hall–Kier alpha value is -2.27. The first kappa shape index (κ1) is 20.5. The minimum absolute atomic E-state index is 0.0207. The van der Waals surface area contributed by atoms with Crippen molar-refractivity contribution in [3.63, 3.8) is 0 Å². The summed E-state index contributed by atoms with van der Waals surface area (Å²) in [6.07, 6.45) is 2.87. The highest BCUT2D eigenvalue weighted by Crippen LogP contribution is 2.38. The quantitative estimate of drug-likeness (QED) is 0.718. The second-order valence-corrected chi connectivity index (χ2v) is 8.34. The van der Waals surface area contributed by atoms with E-state index in [4.69, 9.17) is 0 Å². The van der Waals surface area contributed by atoms with Crippen molar-refractivity contribution >= 4 is 23.6 Å². The van der Waals surface area contributed by atoms with Gasteiger partial charge in [-0.25, -0.2) is 0 Å². The highest BCUT2D eigenvalue weighted by Gasteiger charge is 2.32. The predicted octanol–water partition coefficient (Wildman–Crippen LogP) is 4.42. The molecule has 0 unspecified atom stereocenters. The molecule has 5 heteroatoms. The van der Waals surface area contributed by atoms with Crippen molar-refractivity contribution in [2.24, 2.45) is 0 Å². The minimum Gasteiger partial charge on any atom is -0.350 e. The standard InChI is InChI=1S/C23H28N2O2S/c1-3-7-17(2)24-22(27)19-10-12-20(13-11-19)23-25(21(26)16-28-23)15-14-18-8-5-4-6-9-18/h4-6,8-13,17,23H,3,7,14-16H2,1-2H3,(H,24,27)/t17-,23-/m0/s1. The Balaban J connectivity index is 1.64. The van der Waals surface area contributed by atoms with Crippen LogP contribution in [-0.2, 0) is 11.2 Å². The van der Waals surface area contributed by atoms with E-state index in [2.05, 4.69) is 24.4 Å². The summed E-state index contributed by atoms with van der Waals surface area (Å²) in [5, 5.41) is 3.05. The van der Waals surface area contributed by atoms with E-state index < -0.39 is 0 Å². The topological polar surface area (TPSA) is 49.4 Å². The molecule has 148 valence electrons. The van der Waals surface area contributed by atoms with Crippen LogP contribution >= 0.6 is 11.8 Å². The van der Waals surface area contributed by atoms with Crippen LogP contribution in [-0.4, -0.2) is 35.1 Å². The normalized spacial score (nSPS) is 17.6. The summed E-state index contributed by atoms with van der Waals surface area (Å²) in [5.41, 5.74) is 2.97. The third kappa shape index (κ3) is 5.16. The molecule has 0 radical (unpaired) electrons. The molecule has 3 rings (SSSR count). The molecule has 0 bridgehead atoms. The fraction of sp³-hybridized carbons (Fsp3) is 0.391. The number of rotatable bonds is 8. The summed E-state index contributed by atoms with van der Waals surface area (Å²) in [6.45, 7) is 4.85. The Bertz CT molecular complexity index is 792. The maximum atomic E-state index is 12.4. The maximum absolute atomic E-state index is 12.4. The Morgan fingerprint density at radius 1 is 1.18 bits per heavy atom. The lowest BCUT2D eigenvalue weighted by molar-refractivity contribution is -0.128.